The van der Waals surface area contributed by atoms with E-state index in [0.717, 1.165) is 31.6 Å². The molecule has 1 aliphatic rings. The third-order valence-electron chi connectivity index (χ3n) is 4.34. The lowest BCUT2D eigenvalue weighted by atomic mass is 10.0. The highest BCUT2D eigenvalue weighted by Crippen LogP contribution is 2.18. The summed E-state index contributed by atoms with van der Waals surface area (Å²) >= 11 is 0. The Morgan fingerprint density at radius 1 is 1.35 bits per heavy atom. The first kappa shape index (κ1) is 15.6. The fourth-order valence-electron chi connectivity index (χ4n) is 3.05. The molecule has 0 saturated carbocycles. The SMILES string of the molecule is CC(C)CNCc1ccn(CCC2CCCCN2C)c1. The van der Waals surface area contributed by atoms with Gasteiger partial charge in [0.25, 0.3) is 0 Å². The topological polar surface area (TPSA) is 20.2 Å². The second-order valence-corrected chi connectivity index (χ2v) is 6.70. The molecule has 20 heavy (non-hydrogen) atoms. The van der Waals surface area contributed by atoms with Gasteiger partial charge in [-0.15, -0.1) is 0 Å². The van der Waals surface area contributed by atoms with E-state index in [1.807, 2.05) is 0 Å². The van der Waals surface area contributed by atoms with Crippen molar-refractivity contribution in [3.8, 4) is 0 Å². The molecule has 3 nitrogen and oxygen atoms in total. The van der Waals surface area contributed by atoms with Gasteiger partial charge in [-0.05, 0) is 56.9 Å². The molecule has 1 aliphatic heterocycles. The Morgan fingerprint density at radius 2 is 2.20 bits per heavy atom. The second-order valence-electron chi connectivity index (χ2n) is 6.70. The molecule has 1 fully saturated rings. The Balaban J connectivity index is 1.72. The van der Waals surface area contributed by atoms with Gasteiger partial charge >= 0.3 is 0 Å². The van der Waals surface area contributed by atoms with Crippen molar-refractivity contribution in [3.05, 3.63) is 24.0 Å². The lowest BCUT2D eigenvalue weighted by Crippen LogP contribution is -2.36. The first-order valence-corrected chi connectivity index (χ1v) is 8.21. The van der Waals surface area contributed by atoms with Gasteiger partial charge in [-0.2, -0.15) is 0 Å². The maximum atomic E-state index is 3.51. The zero-order valence-electron chi connectivity index (χ0n) is 13.4. The molecule has 0 aliphatic carbocycles. The standard InChI is InChI=1S/C17H31N3/c1-15(2)12-18-13-16-7-10-20(14-16)11-8-17-6-4-5-9-19(17)3/h7,10,14-15,17-18H,4-6,8-9,11-13H2,1-3H3. The van der Waals surface area contributed by atoms with E-state index < -0.39 is 0 Å². The Morgan fingerprint density at radius 3 is 2.95 bits per heavy atom. The highest BCUT2D eigenvalue weighted by Gasteiger charge is 2.18. The number of aromatic nitrogens is 1. The molecule has 0 spiro atoms. The average molecular weight is 277 g/mol. The molecule has 0 aromatic carbocycles. The molecule has 2 rings (SSSR count). The van der Waals surface area contributed by atoms with Crippen LogP contribution >= 0.6 is 0 Å². The zero-order valence-corrected chi connectivity index (χ0v) is 13.4. The van der Waals surface area contributed by atoms with Crippen LogP contribution in [0.4, 0.5) is 0 Å². The maximum absolute atomic E-state index is 3.51. The van der Waals surface area contributed by atoms with E-state index in [1.165, 1.54) is 37.8 Å². The Hall–Kier alpha value is -0.800. The summed E-state index contributed by atoms with van der Waals surface area (Å²) in [4.78, 5) is 2.54. The van der Waals surface area contributed by atoms with Gasteiger partial charge in [0, 0.05) is 31.5 Å². The van der Waals surface area contributed by atoms with Gasteiger partial charge in [0.1, 0.15) is 0 Å². The van der Waals surface area contributed by atoms with Gasteiger partial charge in [0.15, 0.2) is 0 Å². The number of rotatable bonds is 7. The van der Waals surface area contributed by atoms with Crippen molar-refractivity contribution in [2.45, 2.75) is 58.7 Å². The van der Waals surface area contributed by atoms with E-state index in [9.17, 15) is 0 Å². The molecule has 1 aromatic heterocycles. The third-order valence-corrected chi connectivity index (χ3v) is 4.34. The van der Waals surface area contributed by atoms with E-state index in [1.54, 1.807) is 0 Å². The molecule has 1 unspecified atom stereocenters. The van der Waals surface area contributed by atoms with Crippen LogP contribution in [0.25, 0.3) is 0 Å². The normalized spacial score (nSPS) is 20.7. The van der Waals surface area contributed by atoms with Gasteiger partial charge in [-0.25, -0.2) is 0 Å². The quantitative estimate of drug-likeness (QED) is 0.826. The monoisotopic (exact) mass is 277 g/mol. The van der Waals surface area contributed by atoms with E-state index in [0.29, 0.717) is 0 Å². The average Bonchev–Trinajstić information content (AvgIpc) is 2.85. The predicted molar refractivity (Wildman–Crippen MR) is 85.9 cm³/mol. The Bertz CT molecular complexity index is 383. The summed E-state index contributed by atoms with van der Waals surface area (Å²) in [5.74, 6) is 0.721. The van der Waals surface area contributed by atoms with Crippen molar-refractivity contribution in [1.29, 1.82) is 0 Å². The van der Waals surface area contributed by atoms with Crippen LogP contribution in [0, 0.1) is 5.92 Å². The zero-order chi connectivity index (χ0) is 14.4. The minimum absolute atomic E-state index is 0.721. The lowest BCUT2D eigenvalue weighted by Gasteiger charge is -2.32. The first-order chi connectivity index (χ1) is 9.65. The first-order valence-electron chi connectivity index (χ1n) is 8.21. The van der Waals surface area contributed by atoms with Crippen LogP contribution < -0.4 is 5.32 Å². The number of likely N-dealkylation sites (tertiary alicyclic amines) is 1. The largest absolute Gasteiger partial charge is 0.354 e. The molecule has 1 aromatic rings. The lowest BCUT2D eigenvalue weighted by molar-refractivity contribution is 0.171. The van der Waals surface area contributed by atoms with E-state index in [4.69, 9.17) is 0 Å². The molecule has 2 heterocycles. The molecule has 114 valence electrons. The third kappa shape index (κ3) is 4.95. The number of nitrogens with zero attached hydrogens (tertiary/aromatic N) is 2. The van der Waals surface area contributed by atoms with Crippen LogP contribution in [0.1, 0.15) is 45.1 Å². The summed E-state index contributed by atoms with van der Waals surface area (Å²) in [6.07, 6.45) is 9.98. The summed E-state index contributed by atoms with van der Waals surface area (Å²) in [5.41, 5.74) is 1.41. The molecular formula is C17H31N3. The van der Waals surface area contributed by atoms with Crippen molar-refractivity contribution < 1.29 is 0 Å². The van der Waals surface area contributed by atoms with Crippen molar-refractivity contribution in [2.24, 2.45) is 5.92 Å². The fourth-order valence-corrected chi connectivity index (χ4v) is 3.05. The van der Waals surface area contributed by atoms with Crippen LogP contribution in [0.5, 0.6) is 0 Å². The molecular weight excluding hydrogens is 246 g/mol. The predicted octanol–water partition coefficient (Wildman–Crippen LogP) is 3.11. The minimum atomic E-state index is 0.721. The van der Waals surface area contributed by atoms with Gasteiger partial charge in [0.2, 0.25) is 0 Å². The molecule has 0 amide bonds. The van der Waals surface area contributed by atoms with Crippen molar-refractivity contribution in [1.82, 2.24) is 14.8 Å². The molecule has 0 radical (unpaired) electrons. The van der Waals surface area contributed by atoms with E-state index in [-0.39, 0.29) is 0 Å². The molecule has 3 heteroatoms. The summed E-state index contributed by atoms with van der Waals surface area (Å²) < 4.78 is 2.36. The van der Waals surface area contributed by atoms with E-state index >= 15 is 0 Å². The Labute approximate surface area is 124 Å². The highest BCUT2D eigenvalue weighted by molar-refractivity contribution is 5.09. The van der Waals surface area contributed by atoms with Crippen molar-refractivity contribution >= 4 is 0 Å². The van der Waals surface area contributed by atoms with Gasteiger partial charge in [0.05, 0.1) is 0 Å². The number of aryl methyl sites for hydroxylation is 1. The van der Waals surface area contributed by atoms with Crippen LogP contribution in [0.15, 0.2) is 18.5 Å². The maximum Gasteiger partial charge on any atom is 0.0234 e. The minimum Gasteiger partial charge on any atom is -0.354 e. The van der Waals surface area contributed by atoms with Crippen molar-refractivity contribution in [2.75, 3.05) is 20.1 Å². The summed E-state index contributed by atoms with van der Waals surface area (Å²) in [6.45, 7) is 9.02. The number of hydrogen-bond donors (Lipinski definition) is 1. The van der Waals surface area contributed by atoms with Gasteiger partial charge in [-0.1, -0.05) is 20.3 Å². The number of hydrogen-bond acceptors (Lipinski definition) is 2. The van der Waals surface area contributed by atoms with Crippen LogP contribution in [-0.4, -0.2) is 35.6 Å². The van der Waals surface area contributed by atoms with Crippen LogP contribution in [-0.2, 0) is 13.1 Å². The molecule has 0 bridgehead atoms. The van der Waals surface area contributed by atoms with E-state index in [2.05, 4.69) is 54.1 Å². The summed E-state index contributed by atoms with van der Waals surface area (Å²) in [7, 11) is 2.28. The summed E-state index contributed by atoms with van der Waals surface area (Å²) in [5, 5.41) is 3.51. The fraction of sp³-hybridized carbons (Fsp3) is 0.765. The van der Waals surface area contributed by atoms with Crippen LogP contribution in [0.2, 0.25) is 0 Å². The summed E-state index contributed by atoms with van der Waals surface area (Å²) in [6, 6.07) is 3.03. The smallest absolute Gasteiger partial charge is 0.0234 e. The second kappa shape index (κ2) is 7.84. The van der Waals surface area contributed by atoms with Gasteiger partial charge < -0.3 is 14.8 Å². The molecule has 1 saturated heterocycles. The van der Waals surface area contributed by atoms with Gasteiger partial charge in [-0.3, -0.25) is 0 Å². The molecule has 1 atom stereocenters. The van der Waals surface area contributed by atoms with Crippen molar-refractivity contribution in [3.63, 3.8) is 0 Å². The highest BCUT2D eigenvalue weighted by atomic mass is 15.1. The number of nitrogens with one attached hydrogen (secondary N) is 1. The van der Waals surface area contributed by atoms with Crippen LogP contribution in [0.3, 0.4) is 0 Å². The number of piperidine rings is 1. The Kier molecular flexibility index (Phi) is 6.11. The molecule has 1 N–H and O–H groups in total.